The second kappa shape index (κ2) is 7.45. The summed E-state index contributed by atoms with van der Waals surface area (Å²) >= 11 is 5.80. The van der Waals surface area contributed by atoms with Gasteiger partial charge in [0.25, 0.3) is 0 Å². The second-order valence-electron chi connectivity index (χ2n) is 6.73. The van der Waals surface area contributed by atoms with Crippen LogP contribution in [0.25, 0.3) is 0 Å². The summed E-state index contributed by atoms with van der Waals surface area (Å²) in [7, 11) is -1.97. The van der Waals surface area contributed by atoms with Gasteiger partial charge in [0.05, 0.1) is 12.2 Å². The molecule has 0 aliphatic rings. The second-order valence-corrected chi connectivity index (χ2v) is 12.0. The lowest BCUT2D eigenvalue weighted by molar-refractivity contribution is 0.127. The van der Waals surface area contributed by atoms with E-state index in [4.69, 9.17) is 26.0 Å². The molecule has 0 aliphatic heterocycles. The molecule has 0 saturated carbocycles. The summed E-state index contributed by atoms with van der Waals surface area (Å²) in [6.45, 7) is 10.3. The standard InChI is InChI=1S/C16H23ClFNO2Si/c1-16(2,3)22(4,5)21-11-14(18)10-20-15-7-6-13(17)8-12(15)9-19/h6-8,14H,10-11H2,1-5H3/t14-/m1/s1. The highest BCUT2D eigenvalue weighted by Gasteiger charge is 2.37. The molecule has 22 heavy (non-hydrogen) atoms. The Balaban J connectivity index is 2.54. The summed E-state index contributed by atoms with van der Waals surface area (Å²) in [6, 6.07) is 6.66. The summed E-state index contributed by atoms with van der Waals surface area (Å²) in [6.07, 6.45) is -1.24. The first-order valence-electron chi connectivity index (χ1n) is 7.17. The predicted octanol–water partition coefficient (Wildman–Crippen LogP) is 4.95. The lowest BCUT2D eigenvalue weighted by atomic mass is 10.2. The zero-order valence-corrected chi connectivity index (χ0v) is 15.5. The molecule has 0 N–H and O–H groups in total. The van der Waals surface area contributed by atoms with E-state index in [1.54, 1.807) is 12.1 Å². The van der Waals surface area contributed by atoms with Crippen LogP contribution in [-0.2, 0) is 4.43 Å². The third-order valence-electron chi connectivity index (χ3n) is 3.91. The molecule has 0 radical (unpaired) electrons. The van der Waals surface area contributed by atoms with Crippen LogP contribution in [0.5, 0.6) is 5.75 Å². The van der Waals surface area contributed by atoms with Gasteiger partial charge in [-0.3, -0.25) is 0 Å². The van der Waals surface area contributed by atoms with Gasteiger partial charge in [0.2, 0.25) is 0 Å². The molecule has 0 fully saturated rings. The van der Waals surface area contributed by atoms with Crippen molar-refractivity contribution in [3.05, 3.63) is 28.8 Å². The van der Waals surface area contributed by atoms with Gasteiger partial charge >= 0.3 is 0 Å². The summed E-state index contributed by atoms with van der Waals surface area (Å²) < 4.78 is 25.2. The highest BCUT2D eigenvalue weighted by molar-refractivity contribution is 6.74. The van der Waals surface area contributed by atoms with Crippen LogP contribution in [0.3, 0.4) is 0 Å². The van der Waals surface area contributed by atoms with Crippen molar-refractivity contribution in [2.75, 3.05) is 13.2 Å². The Morgan fingerprint density at radius 2 is 1.95 bits per heavy atom. The minimum absolute atomic E-state index is 0.00592. The molecule has 6 heteroatoms. The van der Waals surface area contributed by atoms with Crippen molar-refractivity contribution in [1.82, 2.24) is 0 Å². The topological polar surface area (TPSA) is 42.2 Å². The number of benzene rings is 1. The van der Waals surface area contributed by atoms with Gasteiger partial charge in [0, 0.05) is 5.02 Å². The van der Waals surface area contributed by atoms with E-state index in [0.717, 1.165) is 0 Å². The van der Waals surface area contributed by atoms with Crippen molar-refractivity contribution < 1.29 is 13.6 Å². The van der Waals surface area contributed by atoms with E-state index in [1.165, 1.54) is 6.07 Å². The first-order valence-corrected chi connectivity index (χ1v) is 10.5. The summed E-state index contributed by atoms with van der Waals surface area (Å²) in [4.78, 5) is 0. The van der Waals surface area contributed by atoms with E-state index in [1.807, 2.05) is 6.07 Å². The quantitative estimate of drug-likeness (QED) is 0.686. The van der Waals surface area contributed by atoms with Crippen LogP contribution in [-0.4, -0.2) is 27.7 Å². The molecule has 122 valence electrons. The number of halogens is 2. The van der Waals surface area contributed by atoms with Gasteiger partial charge in [0.1, 0.15) is 18.4 Å². The third kappa shape index (κ3) is 5.27. The van der Waals surface area contributed by atoms with Crippen molar-refractivity contribution in [2.24, 2.45) is 0 Å². The zero-order chi connectivity index (χ0) is 17.0. The molecule has 1 aromatic rings. The number of hydrogen-bond donors (Lipinski definition) is 0. The Labute approximate surface area is 138 Å². The fraction of sp³-hybridized carbons (Fsp3) is 0.562. The van der Waals surface area contributed by atoms with Crippen LogP contribution in [0, 0.1) is 11.3 Å². The van der Waals surface area contributed by atoms with Crippen molar-refractivity contribution in [1.29, 1.82) is 5.26 Å². The monoisotopic (exact) mass is 343 g/mol. The molecule has 0 bridgehead atoms. The fourth-order valence-corrected chi connectivity index (χ4v) is 2.66. The Morgan fingerprint density at radius 1 is 1.32 bits per heavy atom. The Morgan fingerprint density at radius 3 is 2.50 bits per heavy atom. The van der Waals surface area contributed by atoms with Gasteiger partial charge < -0.3 is 9.16 Å². The highest BCUT2D eigenvalue weighted by atomic mass is 35.5. The van der Waals surface area contributed by atoms with Crippen LogP contribution in [0.1, 0.15) is 26.3 Å². The van der Waals surface area contributed by atoms with Gasteiger partial charge in [0.15, 0.2) is 14.5 Å². The van der Waals surface area contributed by atoms with Gasteiger partial charge in [-0.15, -0.1) is 0 Å². The number of hydrogen-bond acceptors (Lipinski definition) is 3. The number of ether oxygens (including phenoxy) is 1. The van der Waals surface area contributed by atoms with Crippen LogP contribution < -0.4 is 4.74 Å². The lowest BCUT2D eigenvalue weighted by Gasteiger charge is -2.36. The van der Waals surface area contributed by atoms with E-state index in [2.05, 4.69) is 33.9 Å². The maximum absolute atomic E-state index is 14.0. The maximum Gasteiger partial charge on any atom is 0.192 e. The van der Waals surface area contributed by atoms with Crippen LogP contribution in [0.2, 0.25) is 23.2 Å². The fourth-order valence-electron chi connectivity index (χ4n) is 1.46. The smallest absolute Gasteiger partial charge is 0.192 e. The van der Waals surface area contributed by atoms with E-state index < -0.39 is 14.5 Å². The molecule has 1 rings (SSSR count). The number of alkyl halides is 1. The third-order valence-corrected chi connectivity index (χ3v) is 8.65. The van der Waals surface area contributed by atoms with E-state index in [9.17, 15) is 4.39 Å². The summed E-state index contributed by atoms with van der Waals surface area (Å²) in [5.41, 5.74) is 0.296. The van der Waals surface area contributed by atoms with Crippen LogP contribution >= 0.6 is 11.6 Å². The van der Waals surface area contributed by atoms with Gasteiger partial charge in [-0.25, -0.2) is 4.39 Å². The van der Waals surface area contributed by atoms with Gasteiger partial charge in [-0.1, -0.05) is 32.4 Å². The average Bonchev–Trinajstić information content (AvgIpc) is 2.42. The maximum atomic E-state index is 14.0. The molecule has 0 aliphatic carbocycles. The van der Waals surface area contributed by atoms with Crippen molar-refractivity contribution in [3.63, 3.8) is 0 Å². The normalized spacial score (nSPS) is 13.5. The van der Waals surface area contributed by atoms with Crippen molar-refractivity contribution in [3.8, 4) is 11.8 Å². The molecule has 0 saturated heterocycles. The Kier molecular flexibility index (Phi) is 6.42. The SMILES string of the molecule is CC(C)(C)[Si](C)(C)OC[C@H](F)COc1ccc(Cl)cc1C#N. The van der Waals surface area contributed by atoms with Crippen LogP contribution in [0.4, 0.5) is 4.39 Å². The molecule has 0 aromatic heterocycles. The van der Waals surface area contributed by atoms with E-state index in [0.29, 0.717) is 16.3 Å². The minimum atomic E-state index is -1.97. The van der Waals surface area contributed by atoms with Gasteiger partial charge in [-0.05, 0) is 36.3 Å². The number of rotatable bonds is 6. The highest BCUT2D eigenvalue weighted by Crippen LogP contribution is 2.36. The minimum Gasteiger partial charge on any atom is -0.489 e. The average molecular weight is 344 g/mol. The molecule has 1 aromatic carbocycles. The number of nitrogens with zero attached hydrogens (tertiary/aromatic N) is 1. The molecule has 0 heterocycles. The molecular weight excluding hydrogens is 321 g/mol. The molecule has 0 amide bonds. The Hall–Kier alpha value is -1.09. The number of nitriles is 1. The van der Waals surface area contributed by atoms with E-state index >= 15 is 0 Å². The van der Waals surface area contributed by atoms with Crippen LogP contribution in [0.15, 0.2) is 18.2 Å². The first-order chi connectivity index (χ1) is 10.1. The molecule has 0 spiro atoms. The molecule has 1 atom stereocenters. The molecular formula is C16H23ClFNO2Si. The first kappa shape index (κ1) is 19.0. The summed E-state index contributed by atoms with van der Waals surface area (Å²) in [5, 5.41) is 9.49. The largest absolute Gasteiger partial charge is 0.489 e. The zero-order valence-electron chi connectivity index (χ0n) is 13.7. The van der Waals surface area contributed by atoms with Crippen molar-refractivity contribution >= 4 is 19.9 Å². The Bertz CT molecular complexity index is 552. The summed E-state index contributed by atoms with van der Waals surface area (Å²) in [5.74, 6) is 0.335. The van der Waals surface area contributed by atoms with Gasteiger partial charge in [-0.2, -0.15) is 5.26 Å². The molecule has 0 unspecified atom stereocenters. The lowest BCUT2D eigenvalue weighted by Crippen LogP contribution is -2.42. The van der Waals surface area contributed by atoms with E-state index in [-0.39, 0.29) is 18.3 Å². The predicted molar refractivity (Wildman–Crippen MR) is 89.7 cm³/mol. The molecule has 3 nitrogen and oxygen atoms in total. The van der Waals surface area contributed by atoms with Crippen molar-refractivity contribution in [2.45, 2.75) is 45.1 Å².